The Morgan fingerprint density at radius 2 is 1.66 bits per heavy atom. The molecule has 0 N–H and O–H groups in total. The normalized spacial score (nSPS) is 13.9. The van der Waals surface area contributed by atoms with Crippen molar-refractivity contribution in [3.63, 3.8) is 0 Å². The highest BCUT2D eigenvalue weighted by atomic mass is 32.1. The zero-order valence-electron chi connectivity index (χ0n) is 16.1. The number of carbonyl (C=O) groups is 1. The smallest absolute Gasteiger partial charge is 0.348 e. The molecule has 1 saturated heterocycles. The molecule has 2 heterocycles. The summed E-state index contributed by atoms with van der Waals surface area (Å²) in [6, 6.07) is 21.6. The van der Waals surface area contributed by atoms with E-state index in [1.54, 1.807) is 0 Å². The van der Waals surface area contributed by atoms with Crippen LogP contribution in [-0.2, 0) is 9.47 Å². The number of nitrogens with zero attached hydrogens (tertiary/aromatic N) is 1. The molecule has 3 aromatic rings. The Labute approximate surface area is 174 Å². The lowest BCUT2D eigenvalue weighted by Crippen LogP contribution is -2.35. The minimum Gasteiger partial charge on any atom is -0.490 e. The van der Waals surface area contributed by atoms with Gasteiger partial charge in [-0.1, -0.05) is 48.5 Å². The van der Waals surface area contributed by atoms with Crippen LogP contribution in [0.15, 0.2) is 66.7 Å². The standard InChI is InChI=1S/C23H23NO4S/c25-23(28-16-15-27-19-9-5-2-6-10-19)21-17-20(18-7-3-1-4-8-18)22(29-21)24-11-13-26-14-12-24/h1-10,17H,11-16H2. The lowest BCUT2D eigenvalue weighted by Gasteiger charge is -2.28. The zero-order chi connectivity index (χ0) is 19.9. The summed E-state index contributed by atoms with van der Waals surface area (Å²) in [5.41, 5.74) is 2.15. The monoisotopic (exact) mass is 409 g/mol. The summed E-state index contributed by atoms with van der Waals surface area (Å²) < 4.78 is 16.5. The summed E-state index contributed by atoms with van der Waals surface area (Å²) in [5, 5.41) is 1.09. The molecule has 0 radical (unpaired) electrons. The fourth-order valence-electron chi connectivity index (χ4n) is 3.19. The van der Waals surface area contributed by atoms with Crippen LogP contribution >= 0.6 is 11.3 Å². The highest BCUT2D eigenvalue weighted by molar-refractivity contribution is 7.18. The maximum Gasteiger partial charge on any atom is 0.348 e. The number of anilines is 1. The molecule has 0 aliphatic carbocycles. The number of rotatable bonds is 7. The van der Waals surface area contributed by atoms with Gasteiger partial charge in [0.15, 0.2) is 0 Å². The average molecular weight is 410 g/mol. The van der Waals surface area contributed by atoms with Crippen molar-refractivity contribution in [1.29, 1.82) is 0 Å². The summed E-state index contributed by atoms with van der Waals surface area (Å²) in [6.07, 6.45) is 0. The van der Waals surface area contributed by atoms with E-state index in [0.29, 0.717) is 24.7 Å². The van der Waals surface area contributed by atoms with E-state index in [1.165, 1.54) is 11.3 Å². The quantitative estimate of drug-likeness (QED) is 0.425. The van der Waals surface area contributed by atoms with Crippen LogP contribution in [-0.4, -0.2) is 45.5 Å². The maximum atomic E-state index is 12.6. The van der Waals surface area contributed by atoms with Crippen molar-refractivity contribution in [3.8, 4) is 16.9 Å². The number of morpholine rings is 1. The van der Waals surface area contributed by atoms with Crippen LogP contribution in [0.25, 0.3) is 11.1 Å². The Morgan fingerprint density at radius 3 is 2.38 bits per heavy atom. The Hall–Kier alpha value is -2.83. The fourth-order valence-corrected chi connectivity index (χ4v) is 4.32. The Morgan fingerprint density at radius 1 is 0.966 bits per heavy atom. The number of thiophene rings is 1. The van der Waals surface area contributed by atoms with Gasteiger partial charge >= 0.3 is 5.97 Å². The van der Waals surface area contributed by atoms with E-state index in [2.05, 4.69) is 17.0 Å². The minimum atomic E-state index is -0.316. The largest absolute Gasteiger partial charge is 0.490 e. The maximum absolute atomic E-state index is 12.6. The molecule has 29 heavy (non-hydrogen) atoms. The van der Waals surface area contributed by atoms with Crippen LogP contribution in [0.5, 0.6) is 5.75 Å². The van der Waals surface area contributed by atoms with Gasteiger partial charge in [-0.15, -0.1) is 11.3 Å². The molecule has 4 rings (SSSR count). The van der Waals surface area contributed by atoms with Crippen molar-refractivity contribution in [2.45, 2.75) is 0 Å². The van der Waals surface area contributed by atoms with Crippen LogP contribution in [0.4, 0.5) is 5.00 Å². The first-order chi connectivity index (χ1) is 14.3. The molecule has 1 aromatic heterocycles. The molecule has 2 aromatic carbocycles. The third-order valence-corrected chi connectivity index (χ3v) is 5.80. The lowest BCUT2D eigenvalue weighted by atomic mass is 10.1. The second-order valence-electron chi connectivity index (χ2n) is 6.59. The number of esters is 1. The minimum absolute atomic E-state index is 0.208. The molecule has 150 valence electrons. The van der Waals surface area contributed by atoms with Gasteiger partial charge in [-0.3, -0.25) is 0 Å². The number of para-hydroxylation sites is 1. The molecule has 0 bridgehead atoms. The summed E-state index contributed by atoms with van der Waals surface area (Å²) in [4.78, 5) is 15.5. The Kier molecular flexibility index (Phi) is 6.44. The van der Waals surface area contributed by atoms with E-state index in [4.69, 9.17) is 14.2 Å². The number of hydrogen-bond donors (Lipinski definition) is 0. The molecule has 0 amide bonds. The third kappa shape index (κ3) is 4.96. The molecule has 5 nitrogen and oxygen atoms in total. The van der Waals surface area contributed by atoms with Crippen molar-refractivity contribution in [2.24, 2.45) is 0 Å². The predicted octanol–water partition coefficient (Wildman–Crippen LogP) is 4.49. The van der Waals surface area contributed by atoms with Gasteiger partial charge in [0.1, 0.15) is 23.8 Å². The van der Waals surface area contributed by atoms with E-state index in [9.17, 15) is 4.79 Å². The summed E-state index contributed by atoms with van der Waals surface area (Å²) in [7, 11) is 0. The molecule has 6 heteroatoms. The molecule has 0 atom stereocenters. The molecule has 0 saturated carbocycles. The molecule has 1 fully saturated rings. The van der Waals surface area contributed by atoms with E-state index >= 15 is 0 Å². The van der Waals surface area contributed by atoms with Gasteiger partial charge in [-0.25, -0.2) is 4.79 Å². The number of benzene rings is 2. The van der Waals surface area contributed by atoms with Gasteiger partial charge in [-0.2, -0.15) is 0 Å². The van der Waals surface area contributed by atoms with Crippen molar-refractivity contribution < 1.29 is 19.0 Å². The topological polar surface area (TPSA) is 48.0 Å². The average Bonchev–Trinajstić information content (AvgIpc) is 3.24. The molecule has 0 unspecified atom stereocenters. The van der Waals surface area contributed by atoms with Crippen LogP contribution in [0, 0.1) is 0 Å². The van der Waals surface area contributed by atoms with Gasteiger partial charge in [0, 0.05) is 18.7 Å². The molecule has 1 aliphatic heterocycles. The SMILES string of the molecule is O=C(OCCOc1ccccc1)c1cc(-c2ccccc2)c(N2CCOCC2)s1. The lowest BCUT2D eigenvalue weighted by molar-refractivity contribution is 0.0456. The highest BCUT2D eigenvalue weighted by Gasteiger charge is 2.22. The van der Waals surface area contributed by atoms with Gasteiger partial charge < -0.3 is 19.1 Å². The summed E-state index contributed by atoms with van der Waals surface area (Å²) in [6.45, 7) is 3.56. The van der Waals surface area contributed by atoms with E-state index < -0.39 is 0 Å². The van der Waals surface area contributed by atoms with Crippen LogP contribution in [0.2, 0.25) is 0 Å². The first-order valence-electron chi connectivity index (χ1n) is 9.68. The number of ether oxygens (including phenoxy) is 3. The predicted molar refractivity (Wildman–Crippen MR) is 115 cm³/mol. The van der Waals surface area contributed by atoms with Gasteiger partial charge in [0.25, 0.3) is 0 Å². The number of hydrogen-bond acceptors (Lipinski definition) is 6. The second-order valence-corrected chi connectivity index (χ2v) is 7.62. The van der Waals surface area contributed by atoms with Gasteiger partial charge in [-0.05, 0) is 23.8 Å². The van der Waals surface area contributed by atoms with E-state index in [0.717, 1.165) is 35.0 Å². The molecular formula is C23H23NO4S. The zero-order valence-corrected chi connectivity index (χ0v) is 16.9. The van der Waals surface area contributed by atoms with Crippen LogP contribution in [0.3, 0.4) is 0 Å². The fraction of sp³-hybridized carbons (Fsp3) is 0.261. The van der Waals surface area contributed by atoms with Crippen molar-refractivity contribution >= 4 is 22.3 Å². The molecular weight excluding hydrogens is 386 g/mol. The van der Waals surface area contributed by atoms with Crippen LogP contribution in [0.1, 0.15) is 9.67 Å². The Balaban J connectivity index is 1.45. The first-order valence-corrected chi connectivity index (χ1v) is 10.5. The van der Waals surface area contributed by atoms with E-state index in [-0.39, 0.29) is 12.6 Å². The first kappa shape index (κ1) is 19.5. The third-order valence-electron chi connectivity index (χ3n) is 4.63. The molecule has 0 spiro atoms. The van der Waals surface area contributed by atoms with E-state index in [1.807, 2.05) is 54.6 Å². The van der Waals surface area contributed by atoms with Crippen molar-refractivity contribution in [1.82, 2.24) is 0 Å². The summed E-state index contributed by atoms with van der Waals surface area (Å²) >= 11 is 1.48. The van der Waals surface area contributed by atoms with Crippen molar-refractivity contribution in [2.75, 3.05) is 44.4 Å². The van der Waals surface area contributed by atoms with Gasteiger partial charge in [0.05, 0.1) is 18.2 Å². The van der Waals surface area contributed by atoms with Crippen molar-refractivity contribution in [3.05, 3.63) is 71.6 Å². The number of carbonyl (C=O) groups excluding carboxylic acids is 1. The second kappa shape index (κ2) is 9.58. The Bertz CT molecular complexity index is 921. The molecule has 1 aliphatic rings. The van der Waals surface area contributed by atoms with Gasteiger partial charge in [0.2, 0.25) is 0 Å². The van der Waals surface area contributed by atoms with Crippen LogP contribution < -0.4 is 9.64 Å². The summed E-state index contributed by atoms with van der Waals surface area (Å²) in [5.74, 6) is 0.448. The highest BCUT2D eigenvalue weighted by Crippen LogP contribution is 2.39.